The van der Waals surface area contributed by atoms with Gasteiger partial charge in [0.2, 0.25) is 10.0 Å². The van der Waals surface area contributed by atoms with Crippen molar-refractivity contribution in [1.29, 1.82) is 0 Å². The number of rotatable bonds is 5. The Kier molecular flexibility index (Phi) is 5.90. The lowest BCUT2D eigenvalue weighted by Crippen LogP contribution is -2.17. The topological polar surface area (TPSA) is 69.4 Å². The number of alkyl halides is 2. The summed E-state index contributed by atoms with van der Waals surface area (Å²) in [4.78, 5) is 0. The van der Waals surface area contributed by atoms with Crippen LogP contribution in [0.15, 0.2) is 48.5 Å². The maximum absolute atomic E-state index is 12.1. The van der Waals surface area contributed by atoms with Crippen LogP contribution in [-0.2, 0) is 16.4 Å². The summed E-state index contributed by atoms with van der Waals surface area (Å²) in [5.41, 5.74) is 2.18. The number of benzene rings is 2. The summed E-state index contributed by atoms with van der Waals surface area (Å²) in [5, 5.41) is 4.99. The maximum atomic E-state index is 12.1. The molecule has 24 heavy (non-hydrogen) atoms. The van der Waals surface area contributed by atoms with Crippen LogP contribution in [0.25, 0.3) is 0 Å². The van der Waals surface area contributed by atoms with Crippen molar-refractivity contribution < 1.29 is 21.9 Å². The summed E-state index contributed by atoms with van der Waals surface area (Å²) in [6, 6.07) is 13.1. The number of primary sulfonamides is 1. The Morgan fingerprint density at radius 3 is 2.33 bits per heavy atom. The molecule has 0 fully saturated rings. The Morgan fingerprint density at radius 2 is 1.71 bits per heavy atom. The molecule has 0 saturated heterocycles. The van der Waals surface area contributed by atoms with Crippen LogP contribution in [0.1, 0.15) is 16.7 Å². The van der Waals surface area contributed by atoms with Gasteiger partial charge in [-0.05, 0) is 48.4 Å². The van der Waals surface area contributed by atoms with Crippen LogP contribution in [0.5, 0.6) is 5.75 Å². The van der Waals surface area contributed by atoms with Gasteiger partial charge in [-0.15, -0.1) is 0 Å². The minimum absolute atomic E-state index is 0.0699. The molecule has 7 heteroatoms. The molecule has 2 rings (SSSR count). The van der Waals surface area contributed by atoms with Crippen molar-refractivity contribution in [3.63, 3.8) is 0 Å². The summed E-state index contributed by atoms with van der Waals surface area (Å²) in [7, 11) is -3.50. The van der Waals surface area contributed by atoms with E-state index in [1.807, 2.05) is 0 Å². The molecule has 0 aliphatic rings. The predicted molar refractivity (Wildman–Crippen MR) is 87.2 cm³/mol. The van der Waals surface area contributed by atoms with Crippen LogP contribution in [0.2, 0.25) is 0 Å². The van der Waals surface area contributed by atoms with Crippen LogP contribution in [0.4, 0.5) is 8.78 Å². The van der Waals surface area contributed by atoms with E-state index in [-0.39, 0.29) is 11.5 Å². The molecular formula is C17H15F2NO3S. The predicted octanol–water partition coefficient (Wildman–Crippen LogP) is 2.52. The normalized spacial score (nSPS) is 11.0. The van der Waals surface area contributed by atoms with E-state index in [1.54, 1.807) is 36.4 Å². The van der Waals surface area contributed by atoms with Gasteiger partial charge in [-0.25, -0.2) is 13.6 Å². The molecule has 2 aromatic carbocycles. The monoisotopic (exact) mass is 351 g/mol. The fourth-order valence-corrected chi connectivity index (χ4v) is 2.45. The second-order valence-electron chi connectivity index (χ2n) is 4.97. The molecule has 0 atom stereocenters. The van der Waals surface area contributed by atoms with E-state index in [0.29, 0.717) is 12.0 Å². The van der Waals surface area contributed by atoms with E-state index in [2.05, 4.69) is 16.6 Å². The van der Waals surface area contributed by atoms with Crippen molar-refractivity contribution in [2.45, 2.75) is 13.0 Å². The van der Waals surface area contributed by atoms with Crippen molar-refractivity contribution in [3.05, 3.63) is 65.2 Å². The first-order valence-electron chi connectivity index (χ1n) is 6.98. The highest BCUT2D eigenvalue weighted by molar-refractivity contribution is 7.89. The molecule has 126 valence electrons. The summed E-state index contributed by atoms with van der Waals surface area (Å²) in [6.45, 7) is -2.86. The van der Waals surface area contributed by atoms with Gasteiger partial charge in [0.05, 0.1) is 5.75 Å². The molecule has 0 amide bonds. The Bertz CT molecular complexity index is 853. The first-order valence-corrected chi connectivity index (χ1v) is 8.70. The molecule has 2 N–H and O–H groups in total. The lowest BCUT2D eigenvalue weighted by Gasteiger charge is -2.03. The fraction of sp³-hybridized carbons (Fsp3) is 0.176. The second kappa shape index (κ2) is 7.90. The first kappa shape index (κ1) is 17.9. The van der Waals surface area contributed by atoms with Gasteiger partial charge in [-0.1, -0.05) is 24.0 Å². The third-order valence-corrected chi connectivity index (χ3v) is 3.81. The molecule has 0 bridgehead atoms. The maximum Gasteiger partial charge on any atom is 0.387 e. The second-order valence-corrected chi connectivity index (χ2v) is 6.70. The number of aryl methyl sites for hydroxylation is 1. The summed E-state index contributed by atoms with van der Waals surface area (Å²) in [6.07, 6.45) is 0.314. The van der Waals surface area contributed by atoms with E-state index in [1.165, 1.54) is 12.1 Å². The van der Waals surface area contributed by atoms with Crippen LogP contribution >= 0.6 is 0 Å². The highest BCUT2D eigenvalue weighted by atomic mass is 32.2. The molecule has 4 nitrogen and oxygen atoms in total. The quantitative estimate of drug-likeness (QED) is 0.842. The van der Waals surface area contributed by atoms with Gasteiger partial charge in [0.1, 0.15) is 5.75 Å². The lowest BCUT2D eigenvalue weighted by molar-refractivity contribution is -0.0498. The van der Waals surface area contributed by atoms with E-state index < -0.39 is 16.6 Å². The molecule has 0 unspecified atom stereocenters. The van der Waals surface area contributed by atoms with E-state index >= 15 is 0 Å². The SMILES string of the molecule is NS(=O)(=O)CCc1cccc(C#Cc2ccc(OC(F)F)cc2)c1. The number of nitrogens with two attached hydrogens (primary N) is 1. The lowest BCUT2D eigenvalue weighted by atomic mass is 10.1. The number of ether oxygens (including phenoxy) is 1. The Labute approximate surface area is 139 Å². The number of halogens is 2. The molecule has 0 heterocycles. The largest absolute Gasteiger partial charge is 0.435 e. The molecule has 0 aromatic heterocycles. The first-order chi connectivity index (χ1) is 11.3. The summed E-state index contributed by atoms with van der Waals surface area (Å²) < 4.78 is 50.4. The number of hydrogen-bond donors (Lipinski definition) is 1. The van der Waals surface area contributed by atoms with Gasteiger partial charge in [0.25, 0.3) is 0 Å². The van der Waals surface area contributed by atoms with Crippen LogP contribution in [0, 0.1) is 11.8 Å². The third-order valence-electron chi connectivity index (χ3n) is 3.03. The van der Waals surface area contributed by atoms with Gasteiger partial charge < -0.3 is 4.74 Å². The van der Waals surface area contributed by atoms with E-state index in [4.69, 9.17) is 5.14 Å². The Balaban J connectivity index is 2.07. The van der Waals surface area contributed by atoms with Gasteiger partial charge in [0, 0.05) is 11.1 Å². The highest BCUT2D eigenvalue weighted by Gasteiger charge is 2.04. The van der Waals surface area contributed by atoms with Crippen molar-refractivity contribution in [3.8, 4) is 17.6 Å². The molecule has 0 radical (unpaired) electrons. The molecule has 0 spiro atoms. The van der Waals surface area contributed by atoms with Gasteiger partial charge >= 0.3 is 6.61 Å². The van der Waals surface area contributed by atoms with E-state index in [9.17, 15) is 17.2 Å². The summed E-state index contributed by atoms with van der Waals surface area (Å²) in [5.74, 6) is 5.78. The van der Waals surface area contributed by atoms with E-state index in [0.717, 1.165) is 11.1 Å². The van der Waals surface area contributed by atoms with Crippen molar-refractivity contribution >= 4 is 10.0 Å². The zero-order valence-corrected chi connectivity index (χ0v) is 13.4. The zero-order chi connectivity index (χ0) is 17.6. The highest BCUT2D eigenvalue weighted by Crippen LogP contribution is 2.14. The van der Waals surface area contributed by atoms with Crippen molar-refractivity contribution in [2.24, 2.45) is 5.14 Å². The van der Waals surface area contributed by atoms with Gasteiger partial charge in [0.15, 0.2) is 0 Å². The molecule has 0 aliphatic carbocycles. The standard InChI is InChI=1S/C17H15F2NO3S/c18-17(19)23-16-8-6-13(7-9-16)4-5-14-2-1-3-15(12-14)10-11-24(20,21)22/h1-3,6-9,12,17H,10-11H2,(H2,20,21,22). The minimum atomic E-state index is -3.50. The number of hydrogen-bond acceptors (Lipinski definition) is 3. The van der Waals surface area contributed by atoms with Gasteiger partial charge in [-0.3, -0.25) is 0 Å². The molecular weight excluding hydrogens is 336 g/mol. The van der Waals surface area contributed by atoms with Gasteiger partial charge in [-0.2, -0.15) is 8.78 Å². The van der Waals surface area contributed by atoms with Crippen molar-refractivity contribution in [2.75, 3.05) is 5.75 Å². The minimum Gasteiger partial charge on any atom is -0.435 e. The average molecular weight is 351 g/mol. The van der Waals surface area contributed by atoms with Crippen LogP contribution < -0.4 is 9.88 Å². The average Bonchev–Trinajstić information content (AvgIpc) is 2.52. The summed E-state index contributed by atoms with van der Waals surface area (Å²) >= 11 is 0. The fourth-order valence-electron chi connectivity index (χ4n) is 1.93. The zero-order valence-electron chi connectivity index (χ0n) is 12.6. The molecule has 0 aliphatic heterocycles. The van der Waals surface area contributed by atoms with Crippen LogP contribution in [0.3, 0.4) is 0 Å². The van der Waals surface area contributed by atoms with Crippen molar-refractivity contribution in [1.82, 2.24) is 0 Å². The smallest absolute Gasteiger partial charge is 0.387 e. The Hall–Kier alpha value is -2.43. The molecule has 2 aromatic rings. The van der Waals surface area contributed by atoms with Crippen LogP contribution in [-0.4, -0.2) is 20.8 Å². The third kappa shape index (κ3) is 6.36. The Morgan fingerprint density at radius 1 is 1.04 bits per heavy atom. The number of sulfonamides is 1. The molecule has 0 saturated carbocycles.